The highest BCUT2D eigenvalue weighted by atomic mass is 35.5. The summed E-state index contributed by atoms with van der Waals surface area (Å²) in [5.41, 5.74) is 1.04. The lowest BCUT2D eigenvalue weighted by molar-refractivity contribution is 0.600. The molecule has 1 fully saturated rings. The molecule has 0 saturated heterocycles. The SMILES string of the molecule is CS(=O)(=O)[C@H]1C[C@H]1c1cccc(Cl)c1. The van der Waals surface area contributed by atoms with Crippen LogP contribution in [0.3, 0.4) is 0 Å². The summed E-state index contributed by atoms with van der Waals surface area (Å²) in [5.74, 6) is 0.156. The number of rotatable bonds is 2. The first kappa shape index (κ1) is 9.99. The lowest BCUT2D eigenvalue weighted by Gasteiger charge is -1.99. The summed E-state index contributed by atoms with van der Waals surface area (Å²) < 4.78 is 22.5. The highest BCUT2D eigenvalue weighted by molar-refractivity contribution is 7.91. The maximum absolute atomic E-state index is 11.2. The molecule has 76 valence electrons. The number of halogens is 1. The number of hydrogen-bond donors (Lipinski definition) is 0. The monoisotopic (exact) mass is 230 g/mol. The fourth-order valence-electron chi connectivity index (χ4n) is 1.73. The van der Waals surface area contributed by atoms with Crippen LogP contribution in [-0.2, 0) is 9.84 Å². The first-order valence-corrected chi connectivity index (χ1v) is 6.76. The van der Waals surface area contributed by atoms with Crippen molar-refractivity contribution < 1.29 is 8.42 Å². The van der Waals surface area contributed by atoms with Gasteiger partial charge in [-0.1, -0.05) is 23.7 Å². The van der Waals surface area contributed by atoms with Gasteiger partial charge in [0.05, 0.1) is 5.25 Å². The summed E-state index contributed by atoms with van der Waals surface area (Å²) in [6.45, 7) is 0. The van der Waals surface area contributed by atoms with Crippen molar-refractivity contribution in [2.75, 3.05) is 6.26 Å². The minimum Gasteiger partial charge on any atom is -0.229 e. The van der Waals surface area contributed by atoms with Crippen molar-refractivity contribution in [1.29, 1.82) is 0 Å². The Balaban J connectivity index is 2.22. The fraction of sp³-hybridized carbons (Fsp3) is 0.400. The first-order chi connectivity index (χ1) is 6.48. The van der Waals surface area contributed by atoms with Gasteiger partial charge in [-0.2, -0.15) is 0 Å². The molecule has 0 spiro atoms. The molecule has 1 aliphatic rings. The smallest absolute Gasteiger partial charge is 0.150 e. The zero-order valence-electron chi connectivity index (χ0n) is 7.77. The molecular weight excluding hydrogens is 220 g/mol. The molecule has 1 aromatic carbocycles. The molecule has 0 amide bonds. The molecule has 0 aliphatic heterocycles. The van der Waals surface area contributed by atoms with E-state index in [0.717, 1.165) is 12.0 Å². The summed E-state index contributed by atoms with van der Waals surface area (Å²) in [5, 5.41) is 0.475. The van der Waals surface area contributed by atoms with Gasteiger partial charge in [0, 0.05) is 17.2 Å². The molecular formula is C10H11ClO2S. The van der Waals surface area contributed by atoms with Crippen LogP contribution in [0.2, 0.25) is 5.02 Å². The Hall–Kier alpha value is -0.540. The molecule has 2 atom stereocenters. The molecule has 4 heteroatoms. The van der Waals surface area contributed by atoms with Gasteiger partial charge in [-0.05, 0) is 24.1 Å². The standard InChI is InChI=1S/C10H11ClO2S/c1-14(12,13)10-6-9(10)7-3-2-4-8(11)5-7/h2-5,9-10H,6H2,1H3/t9-,10-/m0/s1. The lowest BCUT2D eigenvalue weighted by Crippen LogP contribution is -2.04. The molecule has 2 rings (SSSR count). The summed E-state index contributed by atoms with van der Waals surface area (Å²) >= 11 is 5.83. The van der Waals surface area contributed by atoms with E-state index in [2.05, 4.69) is 0 Å². The van der Waals surface area contributed by atoms with Crippen LogP contribution in [0.15, 0.2) is 24.3 Å². The normalized spacial score (nSPS) is 26.1. The Kier molecular flexibility index (Phi) is 2.32. The maximum Gasteiger partial charge on any atom is 0.150 e. The number of hydrogen-bond acceptors (Lipinski definition) is 2. The fourth-order valence-corrected chi connectivity index (χ4v) is 3.24. The topological polar surface area (TPSA) is 34.1 Å². The first-order valence-electron chi connectivity index (χ1n) is 4.43. The number of sulfone groups is 1. The van der Waals surface area contributed by atoms with Gasteiger partial charge in [0.25, 0.3) is 0 Å². The predicted octanol–water partition coefficient (Wildman–Crippen LogP) is 2.24. The van der Waals surface area contributed by atoms with E-state index in [1.54, 1.807) is 6.07 Å². The van der Waals surface area contributed by atoms with Gasteiger partial charge in [0.1, 0.15) is 0 Å². The largest absolute Gasteiger partial charge is 0.229 e. The minimum atomic E-state index is -2.88. The van der Waals surface area contributed by atoms with Crippen LogP contribution in [0, 0.1) is 0 Å². The number of benzene rings is 1. The van der Waals surface area contributed by atoms with Crippen molar-refractivity contribution in [2.45, 2.75) is 17.6 Å². The second-order valence-corrected chi connectivity index (χ2v) is 6.47. The van der Waals surface area contributed by atoms with Gasteiger partial charge in [-0.25, -0.2) is 8.42 Å². The van der Waals surface area contributed by atoms with Crippen LogP contribution in [0.5, 0.6) is 0 Å². The third-order valence-corrected chi connectivity index (χ3v) is 4.41. The maximum atomic E-state index is 11.2. The third kappa shape index (κ3) is 1.93. The molecule has 1 aromatic rings. The Morgan fingerprint density at radius 2 is 2.14 bits per heavy atom. The van der Waals surface area contributed by atoms with Gasteiger partial charge in [0.15, 0.2) is 9.84 Å². The van der Waals surface area contributed by atoms with Crippen LogP contribution in [0.4, 0.5) is 0 Å². The highest BCUT2D eigenvalue weighted by Gasteiger charge is 2.45. The second kappa shape index (κ2) is 3.24. The molecule has 0 heterocycles. The molecule has 0 aromatic heterocycles. The van der Waals surface area contributed by atoms with E-state index < -0.39 is 9.84 Å². The van der Waals surface area contributed by atoms with Gasteiger partial charge in [-0.15, -0.1) is 0 Å². The molecule has 0 unspecified atom stereocenters. The molecule has 0 N–H and O–H groups in total. The molecule has 2 nitrogen and oxygen atoms in total. The Labute approximate surface area is 88.8 Å². The average molecular weight is 231 g/mol. The Morgan fingerprint density at radius 3 is 2.64 bits per heavy atom. The quantitative estimate of drug-likeness (QED) is 0.781. The summed E-state index contributed by atoms with van der Waals surface area (Å²) in [6, 6.07) is 7.43. The van der Waals surface area contributed by atoms with Crippen LogP contribution >= 0.6 is 11.6 Å². The Bertz CT molecular complexity index is 453. The van der Waals surface area contributed by atoms with Gasteiger partial charge < -0.3 is 0 Å². The Morgan fingerprint density at radius 1 is 1.43 bits per heavy atom. The van der Waals surface area contributed by atoms with E-state index in [4.69, 9.17) is 11.6 Å². The minimum absolute atomic E-state index is 0.156. The molecule has 1 aliphatic carbocycles. The lowest BCUT2D eigenvalue weighted by atomic mass is 10.1. The molecule has 14 heavy (non-hydrogen) atoms. The van der Waals surface area contributed by atoms with E-state index >= 15 is 0 Å². The summed E-state index contributed by atoms with van der Waals surface area (Å²) in [4.78, 5) is 0. The molecule has 0 bridgehead atoms. The van der Waals surface area contributed by atoms with E-state index in [1.807, 2.05) is 18.2 Å². The van der Waals surface area contributed by atoms with Crippen molar-refractivity contribution in [3.63, 3.8) is 0 Å². The van der Waals surface area contributed by atoms with E-state index in [1.165, 1.54) is 6.26 Å². The average Bonchev–Trinajstić information content (AvgIpc) is 2.81. The van der Waals surface area contributed by atoms with Crippen LogP contribution in [0.1, 0.15) is 17.9 Å². The zero-order valence-corrected chi connectivity index (χ0v) is 9.35. The van der Waals surface area contributed by atoms with Crippen molar-refractivity contribution in [3.05, 3.63) is 34.9 Å². The van der Waals surface area contributed by atoms with Crippen molar-refractivity contribution in [1.82, 2.24) is 0 Å². The highest BCUT2D eigenvalue weighted by Crippen LogP contribution is 2.45. The van der Waals surface area contributed by atoms with Crippen LogP contribution in [-0.4, -0.2) is 19.9 Å². The van der Waals surface area contributed by atoms with E-state index in [9.17, 15) is 8.42 Å². The second-order valence-electron chi connectivity index (χ2n) is 3.77. The molecule has 0 radical (unpaired) electrons. The van der Waals surface area contributed by atoms with E-state index in [-0.39, 0.29) is 11.2 Å². The summed E-state index contributed by atoms with van der Waals surface area (Å²) in [6.07, 6.45) is 2.03. The summed E-state index contributed by atoms with van der Waals surface area (Å²) in [7, 11) is -2.88. The van der Waals surface area contributed by atoms with Crippen LogP contribution < -0.4 is 0 Å². The third-order valence-electron chi connectivity index (χ3n) is 2.56. The van der Waals surface area contributed by atoms with Gasteiger partial charge in [0.2, 0.25) is 0 Å². The zero-order chi connectivity index (χ0) is 10.3. The van der Waals surface area contributed by atoms with Crippen molar-refractivity contribution in [3.8, 4) is 0 Å². The van der Waals surface area contributed by atoms with Crippen molar-refractivity contribution in [2.24, 2.45) is 0 Å². The van der Waals surface area contributed by atoms with Gasteiger partial charge in [-0.3, -0.25) is 0 Å². The van der Waals surface area contributed by atoms with Crippen LogP contribution in [0.25, 0.3) is 0 Å². The van der Waals surface area contributed by atoms with E-state index in [0.29, 0.717) is 5.02 Å². The molecule has 1 saturated carbocycles. The van der Waals surface area contributed by atoms with Gasteiger partial charge >= 0.3 is 0 Å². The van der Waals surface area contributed by atoms with Crippen molar-refractivity contribution >= 4 is 21.4 Å². The predicted molar refractivity (Wildman–Crippen MR) is 57.4 cm³/mol.